The minimum absolute atomic E-state index is 0.0317. The van der Waals surface area contributed by atoms with Gasteiger partial charge in [0, 0.05) is 11.1 Å². The molecule has 0 bridgehead atoms. The molecule has 1 N–H and O–H groups in total. The Bertz CT molecular complexity index is 661. The highest BCUT2D eigenvalue weighted by Gasteiger charge is 2.25. The van der Waals surface area contributed by atoms with E-state index >= 15 is 0 Å². The molecule has 1 unspecified atom stereocenters. The highest BCUT2D eigenvalue weighted by atomic mass is 79.9. The van der Waals surface area contributed by atoms with Crippen LogP contribution in [0.15, 0.2) is 34.8 Å². The summed E-state index contributed by atoms with van der Waals surface area (Å²) in [5, 5.41) is 2.96. The molecular formula is C16H16BrF2NO. The van der Waals surface area contributed by atoms with E-state index in [-0.39, 0.29) is 10.0 Å². The molecule has 0 aromatic heterocycles. The van der Waals surface area contributed by atoms with Crippen molar-refractivity contribution in [3.05, 3.63) is 63.1 Å². The first-order chi connectivity index (χ1) is 9.99. The zero-order chi connectivity index (χ0) is 15.6. The number of benzene rings is 2. The van der Waals surface area contributed by atoms with Crippen LogP contribution < -0.4 is 10.1 Å². The van der Waals surface area contributed by atoms with Crippen LogP contribution in [0.25, 0.3) is 0 Å². The van der Waals surface area contributed by atoms with Crippen molar-refractivity contribution in [3.63, 3.8) is 0 Å². The van der Waals surface area contributed by atoms with Crippen molar-refractivity contribution < 1.29 is 13.5 Å². The van der Waals surface area contributed by atoms with Crippen molar-refractivity contribution in [2.24, 2.45) is 0 Å². The summed E-state index contributed by atoms with van der Waals surface area (Å²) >= 11 is 3.10. The van der Waals surface area contributed by atoms with Crippen LogP contribution in [-0.2, 0) is 0 Å². The molecule has 112 valence electrons. The van der Waals surface area contributed by atoms with Crippen molar-refractivity contribution >= 4 is 15.9 Å². The van der Waals surface area contributed by atoms with Gasteiger partial charge in [-0.1, -0.05) is 17.7 Å². The van der Waals surface area contributed by atoms with E-state index in [1.54, 1.807) is 13.1 Å². The molecule has 1 atom stereocenters. The van der Waals surface area contributed by atoms with Crippen molar-refractivity contribution in [1.29, 1.82) is 0 Å². The summed E-state index contributed by atoms with van der Waals surface area (Å²) in [5.41, 5.74) is 1.65. The van der Waals surface area contributed by atoms with Gasteiger partial charge >= 0.3 is 0 Å². The zero-order valence-electron chi connectivity index (χ0n) is 12.0. The molecule has 0 saturated carbocycles. The minimum atomic E-state index is -0.641. The van der Waals surface area contributed by atoms with E-state index in [0.29, 0.717) is 11.3 Å². The van der Waals surface area contributed by atoms with Gasteiger partial charge in [-0.15, -0.1) is 0 Å². The summed E-state index contributed by atoms with van der Waals surface area (Å²) in [4.78, 5) is 0. The van der Waals surface area contributed by atoms with Crippen molar-refractivity contribution in [2.45, 2.75) is 13.0 Å². The number of hydrogen-bond acceptors (Lipinski definition) is 2. The van der Waals surface area contributed by atoms with Crippen LogP contribution in [0.2, 0.25) is 0 Å². The van der Waals surface area contributed by atoms with Crippen LogP contribution in [0.4, 0.5) is 8.78 Å². The summed E-state index contributed by atoms with van der Waals surface area (Å²) in [6.45, 7) is 1.92. The zero-order valence-corrected chi connectivity index (χ0v) is 13.6. The molecule has 0 fully saturated rings. The molecule has 0 heterocycles. The first kappa shape index (κ1) is 15.9. The van der Waals surface area contributed by atoms with E-state index in [1.807, 2.05) is 19.1 Å². The maximum absolute atomic E-state index is 14.4. The molecule has 0 amide bonds. The lowest BCUT2D eigenvalue weighted by molar-refractivity contribution is 0.403. The van der Waals surface area contributed by atoms with Crippen molar-refractivity contribution in [3.8, 4) is 5.75 Å². The number of halogens is 3. The third kappa shape index (κ3) is 3.09. The quantitative estimate of drug-likeness (QED) is 0.823. The van der Waals surface area contributed by atoms with E-state index in [9.17, 15) is 8.78 Å². The molecular weight excluding hydrogens is 340 g/mol. The molecule has 0 spiro atoms. The molecule has 0 saturated heterocycles. The Hall–Kier alpha value is -1.46. The maximum atomic E-state index is 14.4. The molecule has 2 aromatic carbocycles. The SMILES string of the molecule is CNC(c1cc(C)ccc1OC)c1c(F)ccc(Br)c1F. The van der Waals surface area contributed by atoms with Gasteiger partial charge in [0.25, 0.3) is 0 Å². The molecule has 21 heavy (non-hydrogen) atoms. The molecule has 0 aliphatic carbocycles. The van der Waals surface area contributed by atoms with Gasteiger partial charge in [0.15, 0.2) is 0 Å². The Labute approximate surface area is 131 Å². The molecule has 2 nitrogen and oxygen atoms in total. The van der Waals surface area contributed by atoms with Gasteiger partial charge in [0.2, 0.25) is 0 Å². The molecule has 2 aromatic rings. The predicted molar refractivity (Wildman–Crippen MR) is 82.7 cm³/mol. The van der Waals surface area contributed by atoms with Gasteiger partial charge in [0.1, 0.15) is 17.4 Å². The molecule has 2 rings (SSSR count). The average Bonchev–Trinajstić information content (AvgIpc) is 2.47. The van der Waals surface area contributed by atoms with Gasteiger partial charge in [-0.25, -0.2) is 8.78 Å². The fraction of sp³-hybridized carbons (Fsp3) is 0.250. The Balaban J connectivity index is 2.66. The van der Waals surface area contributed by atoms with E-state index in [1.165, 1.54) is 19.2 Å². The Morgan fingerprint density at radius 2 is 1.90 bits per heavy atom. The predicted octanol–water partition coefficient (Wildman–Crippen LogP) is 4.35. The number of methoxy groups -OCH3 is 1. The van der Waals surface area contributed by atoms with E-state index < -0.39 is 17.7 Å². The lowest BCUT2D eigenvalue weighted by atomic mass is 9.95. The third-order valence-electron chi connectivity index (χ3n) is 3.35. The normalized spacial score (nSPS) is 12.3. The summed E-state index contributed by atoms with van der Waals surface area (Å²) in [6, 6.07) is 7.51. The second-order valence-corrected chi connectivity index (χ2v) is 5.58. The fourth-order valence-electron chi connectivity index (χ4n) is 2.34. The van der Waals surface area contributed by atoms with Crippen LogP contribution >= 0.6 is 15.9 Å². The molecule has 0 aliphatic heterocycles. The largest absolute Gasteiger partial charge is 0.496 e. The average molecular weight is 356 g/mol. The van der Waals surface area contributed by atoms with Gasteiger partial charge in [-0.05, 0) is 48.1 Å². The Kier molecular flexibility index (Phi) is 4.96. The number of ether oxygens (including phenoxy) is 1. The van der Waals surface area contributed by atoms with Crippen LogP contribution in [0.1, 0.15) is 22.7 Å². The second kappa shape index (κ2) is 6.54. The lowest BCUT2D eigenvalue weighted by Crippen LogP contribution is -2.21. The number of rotatable bonds is 4. The van der Waals surface area contributed by atoms with Gasteiger partial charge < -0.3 is 10.1 Å². The topological polar surface area (TPSA) is 21.3 Å². The van der Waals surface area contributed by atoms with Crippen LogP contribution in [0.5, 0.6) is 5.75 Å². The first-order valence-electron chi connectivity index (χ1n) is 6.44. The summed E-state index contributed by atoms with van der Waals surface area (Å²) in [7, 11) is 3.20. The van der Waals surface area contributed by atoms with Gasteiger partial charge in [-0.2, -0.15) is 0 Å². The van der Waals surface area contributed by atoms with Crippen LogP contribution in [0.3, 0.4) is 0 Å². The fourth-order valence-corrected chi connectivity index (χ4v) is 2.69. The lowest BCUT2D eigenvalue weighted by Gasteiger charge is -2.22. The van der Waals surface area contributed by atoms with Gasteiger partial charge in [0.05, 0.1) is 17.6 Å². The van der Waals surface area contributed by atoms with Crippen molar-refractivity contribution in [2.75, 3.05) is 14.2 Å². The number of nitrogens with one attached hydrogen (secondary N) is 1. The second-order valence-electron chi connectivity index (χ2n) is 4.72. The molecule has 0 aliphatic rings. The van der Waals surface area contributed by atoms with Crippen LogP contribution in [-0.4, -0.2) is 14.2 Å². The first-order valence-corrected chi connectivity index (χ1v) is 7.24. The minimum Gasteiger partial charge on any atom is -0.496 e. The number of aryl methyl sites for hydroxylation is 1. The highest BCUT2D eigenvalue weighted by Crippen LogP contribution is 2.35. The van der Waals surface area contributed by atoms with Crippen LogP contribution in [0, 0.1) is 18.6 Å². The highest BCUT2D eigenvalue weighted by molar-refractivity contribution is 9.10. The number of hydrogen-bond donors (Lipinski definition) is 1. The van der Waals surface area contributed by atoms with Crippen molar-refractivity contribution in [1.82, 2.24) is 5.32 Å². The third-order valence-corrected chi connectivity index (χ3v) is 3.97. The summed E-state index contributed by atoms with van der Waals surface area (Å²) in [6.07, 6.45) is 0. The Morgan fingerprint density at radius 1 is 1.19 bits per heavy atom. The summed E-state index contributed by atoms with van der Waals surface area (Å²) in [5.74, 6) is -0.629. The summed E-state index contributed by atoms with van der Waals surface area (Å²) < 4.78 is 34.0. The van der Waals surface area contributed by atoms with E-state index in [2.05, 4.69) is 21.2 Å². The molecule has 5 heteroatoms. The monoisotopic (exact) mass is 355 g/mol. The van der Waals surface area contributed by atoms with Gasteiger partial charge in [-0.3, -0.25) is 0 Å². The Morgan fingerprint density at radius 3 is 2.52 bits per heavy atom. The maximum Gasteiger partial charge on any atom is 0.145 e. The smallest absolute Gasteiger partial charge is 0.145 e. The standard InChI is InChI=1S/C16H16BrF2NO/c1-9-4-7-13(21-3)10(8-9)16(20-2)14-12(18)6-5-11(17)15(14)19/h4-8,16,20H,1-3H3. The molecule has 0 radical (unpaired) electrons. The van der Waals surface area contributed by atoms with E-state index in [0.717, 1.165) is 5.56 Å². The van der Waals surface area contributed by atoms with E-state index in [4.69, 9.17) is 4.74 Å².